The Labute approximate surface area is 111 Å². The standard InChI is InChI=1S/C13H13NO4S/c1-19(16,17)14-13(15)18-9-10-6-7-11-4-2-3-5-12(11)8-10/h2-8H,9H2,1H3,(H,14,15). The van der Waals surface area contributed by atoms with E-state index in [1.54, 1.807) is 4.72 Å². The molecule has 0 aliphatic carbocycles. The summed E-state index contributed by atoms with van der Waals surface area (Å²) in [7, 11) is -3.59. The number of amides is 1. The van der Waals surface area contributed by atoms with Gasteiger partial charge in [0.1, 0.15) is 6.61 Å². The Hall–Kier alpha value is -2.08. The van der Waals surface area contributed by atoms with Crippen molar-refractivity contribution in [1.82, 2.24) is 4.72 Å². The van der Waals surface area contributed by atoms with Gasteiger partial charge in [-0.25, -0.2) is 17.9 Å². The Morgan fingerprint density at radius 3 is 2.53 bits per heavy atom. The third kappa shape index (κ3) is 3.96. The summed E-state index contributed by atoms with van der Waals surface area (Å²) in [6.45, 7) is 0.0200. The molecule has 0 aliphatic rings. The maximum Gasteiger partial charge on any atom is 0.421 e. The van der Waals surface area contributed by atoms with E-state index in [4.69, 9.17) is 4.74 Å². The summed E-state index contributed by atoms with van der Waals surface area (Å²) in [5, 5.41) is 2.12. The molecule has 2 rings (SSSR count). The van der Waals surface area contributed by atoms with Gasteiger partial charge in [0.25, 0.3) is 0 Å². The highest BCUT2D eigenvalue weighted by Crippen LogP contribution is 2.16. The average molecular weight is 279 g/mol. The quantitative estimate of drug-likeness (QED) is 0.933. The average Bonchev–Trinajstić information content (AvgIpc) is 2.34. The van der Waals surface area contributed by atoms with Crippen LogP contribution >= 0.6 is 0 Å². The molecule has 0 aliphatic heterocycles. The maximum atomic E-state index is 11.2. The number of carbonyl (C=O) groups excluding carboxylic acids is 1. The molecule has 0 spiro atoms. The second kappa shape index (κ2) is 5.27. The van der Waals surface area contributed by atoms with E-state index in [-0.39, 0.29) is 6.61 Å². The number of hydrogen-bond acceptors (Lipinski definition) is 4. The lowest BCUT2D eigenvalue weighted by molar-refractivity contribution is 0.146. The molecular weight excluding hydrogens is 266 g/mol. The molecule has 6 heteroatoms. The van der Waals surface area contributed by atoms with Gasteiger partial charge in [-0.1, -0.05) is 36.4 Å². The Kier molecular flexibility index (Phi) is 3.71. The van der Waals surface area contributed by atoms with Gasteiger partial charge in [0, 0.05) is 0 Å². The predicted molar refractivity (Wildman–Crippen MR) is 72.1 cm³/mol. The van der Waals surface area contributed by atoms with Crippen LogP contribution in [0.5, 0.6) is 0 Å². The van der Waals surface area contributed by atoms with Crippen molar-refractivity contribution in [3.63, 3.8) is 0 Å². The van der Waals surface area contributed by atoms with Crippen LogP contribution in [-0.2, 0) is 21.4 Å². The SMILES string of the molecule is CS(=O)(=O)NC(=O)OCc1ccc2ccccc2c1. The van der Waals surface area contributed by atoms with Gasteiger partial charge in [-0.05, 0) is 22.4 Å². The molecule has 1 N–H and O–H groups in total. The number of benzene rings is 2. The highest BCUT2D eigenvalue weighted by molar-refractivity contribution is 7.89. The summed E-state index contributed by atoms with van der Waals surface area (Å²) in [4.78, 5) is 11.2. The van der Waals surface area contributed by atoms with Crippen LogP contribution in [0.15, 0.2) is 42.5 Å². The van der Waals surface area contributed by atoms with E-state index < -0.39 is 16.1 Å². The van der Waals surface area contributed by atoms with Crippen molar-refractivity contribution in [3.8, 4) is 0 Å². The van der Waals surface area contributed by atoms with Gasteiger partial charge in [-0.15, -0.1) is 0 Å². The molecule has 0 fully saturated rings. The second-order valence-corrected chi connectivity index (χ2v) is 5.88. The Morgan fingerprint density at radius 1 is 1.16 bits per heavy atom. The Balaban J connectivity index is 2.04. The van der Waals surface area contributed by atoms with E-state index in [9.17, 15) is 13.2 Å². The van der Waals surface area contributed by atoms with E-state index >= 15 is 0 Å². The molecule has 0 saturated heterocycles. The summed E-state index contributed by atoms with van der Waals surface area (Å²) in [6, 6.07) is 13.4. The van der Waals surface area contributed by atoms with Crippen molar-refractivity contribution in [2.75, 3.05) is 6.26 Å². The minimum atomic E-state index is -3.59. The van der Waals surface area contributed by atoms with Crippen LogP contribution in [0.3, 0.4) is 0 Å². The number of fused-ring (bicyclic) bond motifs is 1. The van der Waals surface area contributed by atoms with Crippen molar-refractivity contribution in [2.45, 2.75) is 6.61 Å². The molecule has 0 unspecified atom stereocenters. The topological polar surface area (TPSA) is 72.5 Å². The van der Waals surface area contributed by atoms with Gasteiger partial charge in [0.2, 0.25) is 10.0 Å². The lowest BCUT2D eigenvalue weighted by Gasteiger charge is -2.06. The van der Waals surface area contributed by atoms with Crippen LogP contribution in [0.4, 0.5) is 4.79 Å². The molecule has 0 atom stereocenters. The van der Waals surface area contributed by atoms with Gasteiger partial charge in [-0.3, -0.25) is 0 Å². The van der Waals surface area contributed by atoms with Crippen molar-refractivity contribution >= 4 is 26.9 Å². The van der Waals surface area contributed by atoms with Crippen molar-refractivity contribution in [1.29, 1.82) is 0 Å². The first-order chi connectivity index (χ1) is 8.94. The number of nitrogens with one attached hydrogen (secondary N) is 1. The zero-order valence-electron chi connectivity index (χ0n) is 10.3. The number of sulfonamides is 1. The van der Waals surface area contributed by atoms with E-state index in [0.29, 0.717) is 0 Å². The molecule has 5 nitrogen and oxygen atoms in total. The highest BCUT2D eigenvalue weighted by Gasteiger charge is 2.09. The lowest BCUT2D eigenvalue weighted by Crippen LogP contribution is -2.29. The second-order valence-electron chi connectivity index (χ2n) is 4.13. The number of ether oxygens (including phenoxy) is 1. The third-order valence-electron chi connectivity index (χ3n) is 2.45. The van der Waals surface area contributed by atoms with Crippen molar-refractivity contribution in [2.24, 2.45) is 0 Å². The van der Waals surface area contributed by atoms with E-state index in [1.165, 1.54) is 0 Å². The van der Waals surface area contributed by atoms with Crippen molar-refractivity contribution < 1.29 is 17.9 Å². The molecule has 2 aromatic rings. The van der Waals surface area contributed by atoms with E-state index in [1.807, 2.05) is 42.5 Å². The molecular formula is C13H13NO4S. The van der Waals surface area contributed by atoms with E-state index in [0.717, 1.165) is 22.6 Å². The van der Waals surface area contributed by atoms with Crippen LogP contribution < -0.4 is 4.72 Å². The fourth-order valence-electron chi connectivity index (χ4n) is 1.66. The zero-order valence-corrected chi connectivity index (χ0v) is 11.1. The van der Waals surface area contributed by atoms with Crippen LogP contribution in [0.2, 0.25) is 0 Å². The third-order valence-corrected chi connectivity index (χ3v) is 2.99. The normalized spacial score (nSPS) is 11.2. The largest absolute Gasteiger partial charge is 0.444 e. The minimum Gasteiger partial charge on any atom is -0.444 e. The van der Waals surface area contributed by atoms with Crippen LogP contribution in [0, 0.1) is 0 Å². The lowest BCUT2D eigenvalue weighted by atomic mass is 10.1. The smallest absolute Gasteiger partial charge is 0.421 e. The predicted octanol–water partition coefficient (Wildman–Crippen LogP) is 2.03. The first-order valence-electron chi connectivity index (χ1n) is 5.56. The van der Waals surface area contributed by atoms with Gasteiger partial charge >= 0.3 is 6.09 Å². The van der Waals surface area contributed by atoms with Crippen LogP contribution in [0.25, 0.3) is 10.8 Å². The molecule has 2 aromatic carbocycles. The summed E-state index contributed by atoms with van der Waals surface area (Å²) in [5.74, 6) is 0. The summed E-state index contributed by atoms with van der Waals surface area (Å²) < 4.78 is 28.2. The molecule has 0 bridgehead atoms. The minimum absolute atomic E-state index is 0.0200. The fourth-order valence-corrected chi connectivity index (χ4v) is 2.02. The van der Waals surface area contributed by atoms with Crippen LogP contribution in [0.1, 0.15) is 5.56 Å². The maximum absolute atomic E-state index is 11.2. The molecule has 0 radical (unpaired) electrons. The molecule has 19 heavy (non-hydrogen) atoms. The first-order valence-corrected chi connectivity index (χ1v) is 7.45. The Morgan fingerprint density at radius 2 is 1.84 bits per heavy atom. The summed E-state index contributed by atoms with van der Waals surface area (Å²) in [6.07, 6.45) is -0.0831. The molecule has 100 valence electrons. The fraction of sp³-hybridized carbons (Fsp3) is 0.154. The van der Waals surface area contributed by atoms with Crippen molar-refractivity contribution in [3.05, 3.63) is 48.0 Å². The summed E-state index contributed by atoms with van der Waals surface area (Å²) in [5.41, 5.74) is 0.794. The number of carbonyl (C=O) groups is 1. The highest BCUT2D eigenvalue weighted by atomic mass is 32.2. The monoisotopic (exact) mass is 279 g/mol. The number of hydrogen-bond donors (Lipinski definition) is 1. The zero-order chi connectivity index (χ0) is 13.9. The summed E-state index contributed by atoms with van der Waals surface area (Å²) >= 11 is 0. The first kappa shape index (κ1) is 13.4. The van der Waals surface area contributed by atoms with Gasteiger partial charge < -0.3 is 4.74 Å². The van der Waals surface area contributed by atoms with Crippen LogP contribution in [-0.4, -0.2) is 20.8 Å². The molecule has 0 saturated carbocycles. The van der Waals surface area contributed by atoms with E-state index in [2.05, 4.69) is 0 Å². The number of rotatable bonds is 3. The molecule has 1 amide bonds. The van der Waals surface area contributed by atoms with Gasteiger partial charge in [-0.2, -0.15) is 0 Å². The van der Waals surface area contributed by atoms with Gasteiger partial charge in [0.05, 0.1) is 6.26 Å². The van der Waals surface area contributed by atoms with Gasteiger partial charge in [0.15, 0.2) is 0 Å². The Bertz CT molecular complexity index is 709. The molecule has 0 heterocycles. The molecule has 0 aromatic heterocycles.